The van der Waals surface area contributed by atoms with E-state index < -0.39 is 10.0 Å². The number of hydrogen-bond donors (Lipinski definition) is 1. The van der Waals surface area contributed by atoms with Gasteiger partial charge in [-0.05, 0) is 32.0 Å². The van der Waals surface area contributed by atoms with Crippen LogP contribution >= 0.6 is 12.4 Å². The monoisotopic (exact) mass is 362 g/mol. The molecule has 23 heavy (non-hydrogen) atoms. The molecule has 3 rings (SSSR count). The first-order valence-corrected chi connectivity index (χ1v) is 9.12. The van der Waals surface area contributed by atoms with Crippen LogP contribution in [-0.2, 0) is 10.0 Å². The van der Waals surface area contributed by atoms with Crippen molar-refractivity contribution < 1.29 is 17.9 Å². The molecule has 1 N–H and O–H groups in total. The minimum absolute atomic E-state index is 0. The Hall–Kier alpha value is -1.02. The highest BCUT2D eigenvalue weighted by atomic mass is 35.5. The van der Waals surface area contributed by atoms with E-state index in [0.29, 0.717) is 43.8 Å². The van der Waals surface area contributed by atoms with Crippen LogP contribution in [-0.4, -0.2) is 52.1 Å². The van der Waals surface area contributed by atoms with Crippen molar-refractivity contribution in [3.8, 4) is 11.5 Å². The maximum absolute atomic E-state index is 12.8. The van der Waals surface area contributed by atoms with E-state index in [1.165, 1.54) is 0 Å². The van der Waals surface area contributed by atoms with Crippen LogP contribution < -0.4 is 14.8 Å². The van der Waals surface area contributed by atoms with Crippen molar-refractivity contribution in [2.24, 2.45) is 0 Å². The molecule has 2 aliphatic heterocycles. The molecule has 8 heteroatoms. The zero-order valence-electron chi connectivity index (χ0n) is 13.2. The molecule has 0 atom stereocenters. The van der Waals surface area contributed by atoms with Crippen molar-refractivity contribution in [3.63, 3.8) is 0 Å². The van der Waals surface area contributed by atoms with E-state index in [1.54, 1.807) is 22.5 Å². The maximum Gasteiger partial charge on any atom is 0.243 e. The van der Waals surface area contributed by atoms with Gasteiger partial charge in [-0.1, -0.05) is 0 Å². The standard InChI is InChI=1S/C15H22N2O4S.ClH/c1-16-12-5-7-17(8-6-12)22(18,19)13-3-4-14-15(11-13)21-10-2-9-20-14;/h3-4,11-12,16H,2,5-10H2,1H3;1H. The Morgan fingerprint density at radius 2 is 1.78 bits per heavy atom. The molecule has 0 spiro atoms. The number of rotatable bonds is 3. The van der Waals surface area contributed by atoms with Crippen LogP contribution in [0.5, 0.6) is 11.5 Å². The lowest BCUT2D eigenvalue weighted by Gasteiger charge is -2.31. The number of hydrogen-bond acceptors (Lipinski definition) is 5. The summed E-state index contributed by atoms with van der Waals surface area (Å²) in [4.78, 5) is 0.277. The van der Waals surface area contributed by atoms with Gasteiger partial charge >= 0.3 is 0 Å². The smallest absolute Gasteiger partial charge is 0.243 e. The second-order valence-electron chi connectivity index (χ2n) is 5.63. The van der Waals surface area contributed by atoms with Gasteiger partial charge in [0.15, 0.2) is 11.5 Å². The van der Waals surface area contributed by atoms with Crippen LogP contribution in [0.4, 0.5) is 0 Å². The zero-order chi connectivity index (χ0) is 15.6. The van der Waals surface area contributed by atoms with Gasteiger partial charge in [0.2, 0.25) is 10.0 Å². The van der Waals surface area contributed by atoms with Gasteiger partial charge in [-0.15, -0.1) is 12.4 Å². The molecule has 1 fully saturated rings. The highest BCUT2D eigenvalue weighted by Crippen LogP contribution is 2.33. The number of piperidine rings is 1. The highest BCUT2D eigenvalue weighted by Gasteiger charge is 2.29. The molecule has 0 amide bonds. The lowest BCUT2D eigenvalue weighted by atomic mass is 10.1. The first-order valence-electron chi connectivity index (χ1n) is 7.68. The molecule has 0 radical (unpaired) electrons. The summed E-state index contributed by atoms with van der Waals surface area (Å²) in [5, 5.41) is 3.21. The average Bonchev–Trinajstić information content (AvgIpc) is 2.79. The first kappa shape index (κ1) is 18.3. The summed E-state index contributed by atoms with van der Waals surface area (Å²) in [6.07, 6.45) is 2.47. The average molecular weight is 363 g/mol. The number of nitrogens with zero attached hydrogens (tertiary/aromatic N) is 1. The number of benzene rings is 1. The number of ether oxygens (including phenoxy) is 2. The molecule has 0 aromatic heterocycles. The number of fused-ring (bicyclic) bond motifs is 1. The number of halogens is 1. The largest absolute Gasteiger partial charge is 0.490 e. The van der Waals surface area contributed by atoms with Gasteiger partial charge in [-0.3, -0.25) is 0 Å². The lowest BCUT2D eigenvalue weighted by Crippen LogP contribution is -2.43. The normalized spacial score (nSPS) is 19.7. The van der Waals surface area contributed by atoms with E-state index >= 15 is 0 Å². The van der Waals surface area contributed by atoms with Crippen LogP contribution in [0, 0.1) is 0 Å². The minimum Gasteiger partial charge on any atom is -0.490 e. The fourth-order valence-corrected chi connectivity index (χ4v) is 4.32. The minimum atomic E-state index is -3.47. The van der Waals surface area contributed by atoms with Gasteiger partial charge < -0.3 is 14.8 Å². The summed E-state index contributed by atoms with van der Waals surface area (Å²) < 4.78 is 38.2. The molecule has 1 aromatic rings. The van der Waals surface area contributed by atoms with Gasteiger partial charge in [0.1, 0.15) is 0 Å². The van der Waals surface area contributed by atoms with Crippen molar-refractivity contribution >= 4 is 22.4 Å². The molecule has 0 unspecified atom stereocenters. The third-order valence-corrected chi connectivity index (χ3v) is 6.11. The predicted octanol–water partition coefficient (Wildman–Crippen LogP) is 1.64. The molecule has 1 aromatic carbocycles. The predicted molar refractivity (Wildman–Crippen MR) is 90.1 cm³/mol. The van der Waals surface area contributed by atoms with Gasteiger partial charge in [0.25, 0.3) is 0 Å². The first-order chi connectivity index (χ1) is 10.6. The maximum atomic E-state index is 12.8. The highest BCUT2D eigenvalue weighted by molar-refractivity contribution is 7.89. The summed E-state index contributed by atoms with van der Waals surface area (Å²) >= 11 is 0. The van der Waals surface area contributed by atoms with E-state index in [1.807, 2.05) is 7.05 Å². The molecule has 2 heterocycles. The van der Waals surface area contributed by atoms with E-state index in [4.69, 9.17) is 9.47 Å². The molecule has 6 nitrogen and oxygen atoms in total. The SMILES string of the molecule is CNC1CCN(S(=O)(=O)c2ccc3c(c2)OCCCO3)CC1.Cl. The zero-order valence-corrected chi connectivity index (χ0v) is 14.8. The van der Waals surface area contributed by atoms with Crippen LogP contribution in [0.25, 0.3) is 0 Å². The molecule has 1 saturated heterocycles. The third-order valence-electron chi connectivity index (χ3n) is 4.22. The fourth-order valence-electron chi connectivity index (χ4n) is 2.84. The van der Waals surface area contributed by atoms with E-state index in [-0.39, 0.29) is 17.3 Å². The topological polar surface area (TPSA) is 67.9 Å². The molecule has 130 valence electrons. The third kappa shape index (κ3) is 3.91. The summed E-state index contributed by atoms with van der Waals surface area (Å²) in [6, 6.07) is 5.27. The Bertz CT molecular complexity index is 630. The Morgan fingerprint density at radius 3 is 2.43 bits per heavy atom. The van der Waals surface area contributed by atoms with Crippen molar-refractivity contribution in [3.05, 3.63) is 18.2 Å². The number of sulfonamides is 1. The van der Waals surface area contributed by atoms with Crippen molar-refractivity contribution in [2.75, 3.05) is 33.4 Å². The Labute approximate surface area is 143 Å². The summed E-state index contributed by atoms with van der Waals surface area (Å²) in [5.41, 5.74) is 0. The Morgan fingerprint density at radius 1 is 1.13 bits per heavy atom. The summed E-state index contributed by atoms with van der Waals surface area (Å²) in [7, 11) is -1.55. The van der Waals surface area contributed by atoms with Gasteiger partial charge in [0.05, 0.1) is 18.1 Å². The van der Waals surface area contributed by atoms with Gasteiger partial charge in [-0.2, -0.15) is 4.31 Å². The Balaban J connectivity index is 0.00000192. The fraction of sp³-hybridized carbons (Fsp3) is 0.600. The molecule has 0 saturated carbocycles. The second kappa shape index (κ2) is 7.70. The molecule has 0 aliphatic carbocycles. The van der Waals surface area contributed by atoms with Crippen LogP contribution in [0.3, 0.4) is 0 Å². The van der Waals surface area contributed by atoms with Crippen LogP contribution in [0.1, 0.15) is 19.3 Å². The second-order valence-corrected chi connectivity index (χ2v) is 7.56. The van der Waals surface area contributed by atoms with Gasteiger partial charge in [-0.25, -0.2) is 8.42 Å². The summed E-state index contributed by atoms with van der Waals surface area (Å²) in [6.45, 7) is 2.23. The molecular weight excluding hydrogens is 340 g/mol. The van der Waals surface area contributed by atoms with E-state index in [9.17, 15) is 8.42 Å². The number of nitrogens with one attached hydrogen (secondary N) is 1. The van der Waals surface area contributed by atoms with Crippen molar-refractivity contribution in [2.45, 2.75) is 30.2 Å². The Kier molecular flexibility index (Phi) is 6.13. The van der Waals surface area contributed by atoms with Crippen molar-refractivity contribution in [1.82, 2.24) is 9.62 Å². The van der Waals surface area contributed by atoms with E-state index in [0.717, 1.165) is 19.3 Å². The van der Waals surface area contributed by atoms with Crippen LogP contribution in [0.15, 0.2) is 23.1 Å². The lowest BCUT2D eigenvalue weighted by molar-refractivity contribution is 0.296. The molecule has 0 bridgehead atoms. The summed E-state index contributed by atoms with van der Waals surface area (Å²) in [5.74, 6) is 1.13. The quantitative estimate of drug-likeness (QED) is 0.885. The molecular formula is C15H23ClN2O4S. The van der Waals surface area contributed by atoms with Gasteiger partial charge in [0, 0.05) is 31.6 Å². The van der Waals surface area contributed by atoms with Crippen LogP contribution in [0.2, 0.25) is 0 Å². The van der Waals surface area contributed by atoms with E-state index in [2.05, 4.69) is 5.32 Å². The van der Waals surface area contributed by atoms with Crippen molar-refractivity contribution in [1.29, 1.82) is 0 Å². The molecule has 2 aliphatic rings.